The summed E-state index contributed by atoms with van der Waals surface area (Å²) in [4.78, 5) is 13.7. The first-order chi connectivity index (χ1) is 11.7. The van der Waals surface area contributed by atoms with Crippen LogP contribution < -0.4 is 20.3 Å². The summed E-state index contributed by atoms with van der Waals surface area (Å²) in [6, 6.07) is 10.2. The molecular formula is C18H25N5O. The lowest BCUT2D eigenvalue weighted by atomic mass is 10.2. The van der Waals surface area contributed by atoms with Crippen molar-refractivity contribution < 1.29 is 4.74 Å². The second-order valence-corrected chi connectivity index (χ2v) is 5.95. The van der Waals surface area contributed by atoms with E-state index in [0.717, 1.165) is 61.4 Å². The van der Waals surface area contributed by atoms with Crippen LogP contribution in [-0.4, -0.2) is 49.8 Å². The van der Waals surface area contributed by atoms with Gasteiger partial charge >= 0.3 is 0 Å². The highest BCUT2D eigenvalue weighted by Crippen LogP contribution is 2.29. The van der Waals surface area contributed by atoms with Gasteiger partial charge in [0, 0.05) is 44.4 Å². The molecule has 1 aromatic heterocycles. The standard InChI is InChI=1S/C18H25N5O/c1-14-20-15(7-8-19)13-18(21-14)23-11-9-22(10-12-23)16-5-3-4-6-17(16)24-2/h3-6,13H,7-12,19H2,1-2H3. The first-order valence-corrected chi connectivity index (χ1v) is 8.39. The first kappa shape index (κ1) is 16.5. The van der Waals surface area contributed by atoms with Gasteiger partial charge in [-0.25, -0.2) is 9.97 Å². The van der Waals surface area contributed by atoms with Gasteiger partial charge in [0.1, 0.15) is 17.4 Å². The lowest BCUT2D eigenvalue weighted by Gasteiger charge is -2.37. The third kappa shape index (κ3) is 3.59. The Balaban J connectivity index is 1.71. The van der Waals surface area contributed by atoms with Crippen LogP contribution in [-0.2, 0) is 6.42 Å². The van der Waals surface area contributed by atoms with E-state index in [9.17, 15) is 0 Å². The molecule has 0 atom stereocenters. The lowest BCUT2D eigenvalue weighted by Crippen LogP contribution is -2.47. The first-order valence-electron chi connectivity index (χ1n) is 8.39. The highest BCUT2D eigenvalue weighted by molar-refractivity contribution is 5.59. The fourth-order valence-electron chi connectivity index (χ4n) is 3.12. The van der Waals surface area contributed by atoms with Gasteiger partial charge in [-0.1, -0.05) is 12.1 Å². The maximum atomic E-state index is 5.66. The third-order valence-corrected chi connectivity index (χ3v) is 4.31. The normalized spacial score (nSPS) is 14.8. The van der Waals surface area contributed by atoms with Crippen molar-refractivity contribution in [1.29, 1.82) is 0 Å². The molecule has 3 rings (SSSR count). The summed E-state index contributed by atoms with van der Waals surface area (Å²) in [5, 5.41) is 0. The number of benzene rings is 1. The maximum absolute atomic E-state index is 5.66. The van der Waals surface area contributed by atoms with Gasteiger partial charge in [0.25, 0.3) is 0 Å². The average Bonchev–Trinajstić information content (AvgIpc) is 2.61. The summed E-state index contributed by atoms with van der Waals surface area (Å²) in [7, 11) is 1.72. The fourth-order valence-corrected chi connectivity index (χ4v) is 3.12. The molecule has 1 aromatic carbocycles. The minimum Gasteiger partial charge on any atom is -0.495 e. The number of piperazine rings is 1. The van der Waals surface area contributed by atoms with Crippen LogP contribution in [0.3, 0.4) is 0 Å². The molecule has 0 amide bonds. The molecule has 1 saturated heterocycles. The molecule has 0 saturated carbocycles. The Morgan fingerprint density at radius 3 is 2.50 bits per heavy atom. The van der Waals surface area contributed by atoms with Crippen LogP contribution in [0.25, 0.3) is 0 Å². The van der Waals surface area contributed by atoms with Crippen molar-refractivity contribution >= 4 is 11.5 Å². The van der Waals surface area contributed by atoms with Crippen molar-refractivity contribution in [2.45, 2.75) is 13.3 Å². The Morgan fingerprint density at radius 2 is 1.79 bits per heavy atom. The molecule has 2 heterocycles. The SMILES string of the molecule is COc1ccccc1N1CCN(c2cc(CCN)nc(C)n2)CC1. The lowest BCUT2D eigenvalue weighted by molar-refractivity contribution is 0.413. The highest BCUT2D eigenvalue weighted by Gasteiger charge is 2.21. The summed E-state index contributed by atoms with van der Waals surface area (Å²) >= 11 is 0. The number of hydrogen-bond acceptors (Lipinski definition) is 6. The largest absolute Gasteiger partial charge is 0.495 e. The average molecular weight is 327 g/mol. The quantitative estimate of drug-likeness (QED) is 0.900. The zero-order valence-corrected chi connectivity index (χ0v) is 14.4. The maximum Gasteiger partial charge on any atom is 0.142 e. The van der Waals surface area contributed by atoms with Crippen LogP contribution in [0.1, 0.15) is 11.5 Å². The van der Waals surface area contributed by atoms with Crippen molar-refractivity contribution in [3.05, 3.63) is 41.9 Å². The topological polar surface area (TPSA) is 67.5 Å². The van der Waals surface area contributed by atoms with Crippen molar-refractivity contribution in [3.8, 4) is 5.75 Å². The van der Waals surface area contributed by atoms with Gasteiger partial charge < -0.3 is 20.3 Å². The van der Waals surface area contributed by atoms with Gasteiger partial charge in [0.2, 0.25) is 0 Å². The number of para-hydroxylation sites is 2. The summed E-state index contributed by atoms with van der Waals surface area (Å²) in [5.74, 6) is 2.74. The number of aryl methyl sites for hydroxylation is 1. The van der Waals surface area contributed by atoms with E-state index in [0.29, 0.717) is 6.54 Å². The van der Waals surface area contributed by atoms with E-state index in [1.165, 1.54) is 0 Å². The van der Waals surface area contributed by atoms with Gasteiger partial charge in [0.05, 0.1) is 12.8 Å². The molecule has 6 heteroatoms. The number of aromatic nitrogens is 2. The van der Waals surface area contributed by atoms with Gasteiger partial charge in [0.15, 0.2) is 0 Å². The smallest absolute Gasteiger partial charge is 0.142 e. The molecule has 6 nitrogen and oxygen atoms in total. The number of nitrogens with zero attached hydrogens (tertiary/aromatic N) is 4. The number of ether oxygens (including phenoxy) is 1. The molecule has 0 unspecified atom stereocenters. The van der Waals surface area contributed by atoms with Crippen molar-refractivity contribution in [2.75, 3.05) is 49.6 Å². The highest BCUT2D eigenvalue weighted by atomic mass is 16.5. The zero-order valence-electron chi connectivity index (χ0n) is 14.4. The van der Waals surface area contributed by atoms with Gasteiger partial charge in [-0.3, -0.25) is 0 Å². The van der Waals surface area contributed by atoms with Gasteiger partial charge in [-0.15, -0.1) is 0 Å². The van der Waals surface area contributed by atoms with E-state index in [1.54, 1.807) is 7.11 Å². The minimum atomic E-state index is 0.609. The van der Waals surface area contributed by atoms with Gasteiger partial charge in [-0.2, -0.15) is 0 Å². The Morgan fingerprint density at radius 1 is 1.08 bits per heavy atom. The molecule has 0 spiro atoms. The number of anilines is 2. The molecular weight excluding hydrogens is 302 g/mol. The summed E-state index contributed by atoms with van der Waals surface area (Å²) in [5.41, 5.74) is 7.83. The van der Waals surface area contributed by atoms with E-state index in [-0.39, 0.29) is 0 Å². The van der Waals surface area contributed by atoms with Gasteiger partial charge in [-0.05, 0) is 25.6 Å². The van der Waals surface area contributed by atoms with Crippen LogP contribution in [0.5, 0.6) is 5.75 Å². The van der Waals surface area contributed by atoms with E-state index in [2.05, 4.69) is 38.0 Å². The Kier molecular flexibility index (Phi) is 5.15. The molecule has 0 aliphatic carbocycles. The molecule has 1 aliphatic heterocycles. The fraction of sp³-hybridized carbons (Fsp3) is 0.444. The second-order valence-electron chi connectivity index (χ2n) is 5.95. The van der Waals surface area contributed by atoms with Crippen LogP contribution in [0.2, 0.25) is 0 Å². The molecule has 24 heavy (non-hydrogen) atoms. The predicted molar refractivity (Wildman–Crippen MR) is 96.9 cm³/mol. The summed E-state index contributed by atoms with van der Waals surface area (Å²) in [6.07, 6.45) is 0.789. The molecule has 1 fully saturated rings. The van der Waals surface area contributed by atoms with Crippen molar-refractivity contribution in [3.63, 3.8) is 0 Å². The monoisotopic (exact) mass is 327 g/mol. The predicted octanol–water partition coefficient (Wildman–Crippen LogP) is 1.62. The zero-order chi connectivity index (χ0) is 16.9. The summed E-state index contributed by atoms with van der Waals surface area (Å²) in [6.45, 7) is 6.28. The van der Waals surface area contributed by atoms with E-state index >= 15 is 0 Å². The van der Waals surface area contributed by atoms with Crippen LogP contribution >= 0.6 is 0 Å². The molecule has 2 aromatic rings. The molecule has 0 bridgehead atoms. The number of nitrogens with two attached hydrogens (primary N) is 1. The van der Waals surface area contributed by atoms with E-state index in [4.69, 9.17) is 10.5 Å². The molecule has 128 valence electrons. The number of methoxy groups -OCH3 is 1. The number of rotatable bonds is 5. The third-order valence-electron chi connectivity index (χ3n) is 4.31. The number of hydrogen-bond donors (Lipinski definition) is 1. The minimum absolute atomic E-state index is 0.609. The second kappa shape index (κ2) is 7.49. The Hall–Kier alpha value is -2.34. The molecule has 0 radical (unpaired) electrons. The Labute approximate surface area is 143 Å². The Bertz CT molecular complexity index is 683. The van der Waals surface area contributed by atoms with Crippen LogP contribution in [0.4, 0.5) is 11.5 Å². The van der Waals surface area contributed by atoms with Crippen LogP contribution in [0, 0.1) is 6.92 Å². The molecule has 2 N–H and O–H groups in total. The van der Waals surface area contributed by atoms with E-state index < -0.39 is 0 Å². The van der Waals surface area contributed by atoms with Crippen LogP contribution in [0.15, 0.2) is 30.3 Å². The van der Waals surface area contributed by atoms with Crippen molar-refractivity contribution in [2.24, 2.45) is 5.73 Å². The molecule has 1 aliphatic rings. The van der Waals surface area contributed by atoms with E-state index in [1.807, 2.05) is 19.1 Å². The summed E-state index contributed by atoms with van der Waals surface area (Å²) < 4.78 is 5.48. The van der Waals surface area contributed by atoms with Crippen molar-refractivity contribution in [1.82, 2.24) is 9.97 Å².